The summed E-state index contributed by atoms with van der Waals surface area (Å²) in [5.41, 5.74) is 2.80. The van der Waals surface area contributed by atoms with Crippen LogP contribution in [-0.2, 0) is 22.1 Å². The molecule has 1 aromatic carbocycles. The van der Waals surface area contributed by atoms with E-state index in [1.807, 2.05) is 32.9 Å². The largest absolute Gasteiger partial charge is 0.489 e. The number of nitrogens with one attached hydrogen (secondary N) is 1. The summed E-state index contributed by atoms with van der Waals surface area (Å²) >= 11 is 6.48. The van der Waals surface area contributed by atoms with Crippen LogP contribution in [-0.4, -0.2) is 114 Å². The SMILES string of the molecule is CC.CCCc1cc(Cl)ccc1C1COc2ccc3nc2N(C1)CC1CCC1C(CN1CCN2CCOCC2C1)/C=C/CC(C)C(C)S(=O)NC3=O.CO. The lowest BCUT2D eigenvalue weighted by atomic mass is 9.66. The van der Waals surface area contributed by atoms with Crippen LogP contribution in [0.15, 0.2) is 42.5 Å². The van der Waals surface area contributed by atoms with E-state index in [4.69, 9.17) is 31.2 Å². The van der Waals surface area contributed by atoms with Gasteiger partial charge in [0.25, 0.3) is 5.91 Å². The van der Waals surface area contributed by atoms with E-state index in [0.29, 0.717) is 42.0 Å². The number of ether oxygens (including phenoxy) is 2. The standard InChI is InChI=1S/C39H54ClN5O4S.C2H6.CH4O/c1-4-6-28-19-32(40)10-12-34(28)31-22-45-21-30-9-11-35(30)29(20-43-15-16-44-17-18-48-25-33(44)23-43)8-5-7-26(2)27(3)50(47)42-39(46)36-13-14-37(49-24-31)38(45)41-36;2*1-2/h5,8,10,12-14,19,26-27,29-31,33,35H,4,6-7,9,11,15-18,20-25H2,1-3H3,(H,42,46);1-2H3;2H,1H3/b8-5+;;. The lowest BCUT2D eigenvalue weighted by molar-refractivity contribution is -0.0492. The number of pyridine rings is 1. The first kappa shape index (κ1) is 42.6. The monoisotopic (exact) mass is 785 g/mol. The molecule has 10 nitrogen and oxygen atoms in total. The molecule has 8 unspecified atom stereocenters. The average Bonchev–Trinajstić information content (AvgIpc) is 3.36. The number of carbonyl (C=O) groups excluding carboxylic acids is 1. The smallest absolute Gasteiger partial charge is 0.281 e. The van der Waals surface area contributed by atoms with Crippen LogP contribution in [0, 0.1) is 23.7 Å². The summed E-state index contributed by atoms with van der Waals surface area (Å²) in [4.78, 5) is 26.1. The molecule has 1 aromatic heterocycles. The van der Waals surface area contributed by atoms with Crippen molar-refractivity contribution in [2.75, 3.05) is 77.6 Å². The first-order valence-corrected chi connectivity index (χ1v) is 21.9. The Morgan fingerprint density at radius 2 is 1.85 bits per heavy atom. The summed E-state index contributed by atoms with van der Waals surface area (Å²) in [6, 6.07) is 10.3. The molecule has 5 aliphatic rings. The summed E-state index contributed by atoms with van der Waals surface area (Å²) in [7, 11) is -0.544. The number of aromatic nitrogens is 1. The second kappa shape index (κ2) is 20.6. The van der Waals surface area contributed by atoms with E-state index in [1.165, 1.54) is 24.0 Å². The van der Waals surface area contributed by atoms with Crippen molar-refractivity contribution in [3.8, 4) is 5.75 Å². The van der Waals surface area contributed by atoms with Gasteiger partial charge in [0.2, 0.25) is 0 Å². The molecule has 12 heteroatoms. The topological polar surface area (TPSA) is 107 Å². The van der Waals surface area contributed by atoms with Crippen molar-refractivity contribution in [3.05, 3.63) is 64.3 Å². The van der Waals surface area contributed by atoms with E-state index >= 15 is 0 Å². The van der Waals surface area contributed by atoms with Gasteiger partial charge in [-0.1, -0.05) is 63.9 Å². The number of carbonyl (C=O) groups is 1. The maximum absolute atomic E-state index is 13.5. The molecule has 0 radical (unpaired) electrons. The Morgan fingerprint density at radius 3 is 2.61 bits per heavy atom. The molecular formula is C42H64ClN5O5S. The molecule has 300 valence electrons. The van der Waals surface area contributed by atoms with Gasteiger partial charge in [0.1, 0.15) is 16.7 Å². The molecule has 5 heterocycles. The summed E-state index contributed by atoms with van der Waals surface area (Å²) < 4.78 is 28.5. The molecule has 0 spiro atoms. The zero-order valence-corrected chi connectivity index (χ0v) is 34.9. The maximum Gasteiger partial charge on any atom is 0.281 e. The number of nitrogens with zero attached hydrogens (tertiary/aromatic N) is 4. The zero-order chi connectivity index (χ0) is 38.8. The Labute approximate surface area is 331 Å². The Kier molecular flexibility index (Phi) is 16.2. The fourth-order valence-corrected chi connectivity index (χ4v) is 9.89. The number of halogens is 1. The van der Waals surface area contributed by atoms with Gasteiger partial charge in [0.15, 0.2) is 11.6 Å². The van der Waals surface area contributed by atoms with Crippen LogP contribution in [0.25, 0.3) is 0 Å². The molecule has 2 saturated heterocycles. The number of anilines is 1. The van der Waals surface area contributed by atoms with Gasteiger partial charge in [0.05, 0.1) is 25.1 Å². The molecule has 2 N–H and O–H groups in total. The third kappa shape index (κ3) is 10.2. The Morgan fingerprint density at radius 1 is 1.04 bits per heavy atom. The van der Waals surface area contributed by atoms with E-state index in [9.17, 15) is 9.00 Å². The van der Waals surface area contributed by atoms with Crippen molar-refractivity contribution in [1.29, 1.82) is 0 Å². The number of piperazine rings is 1. The molecule has 1 aliphatic carbocycles. The number of benzene rings is 1. The predicted octanol–water partition coefficient (Wildman–Crippen LogP) is 6.34. The molecule has 7 rings (SSSR count). The highest BCUT2D eigenvalue weighted by Crippen LogP contribution is 2.44. The summed E-state index contributed by atoms with van der Waals surface area (Å²) in [5.74, 6) is 2.71. The Bertz CT molecular complexity index is 1580. The molecule has 2 bridgehead atoms. The first-order chi connectivity index (χ1) is 26.3. The molecule has 3 fully saturated rings. The fourth-order valence-electron chi connectivity index (χ4n) is 8.69. The molecule has 8 atom stereocenters. The van der Waals surface area contributed by atoms with E-state index in [0.717, 1.165) is 90.4 Å². The van der Waals surface area contributed by atoms with Crippen molar-refractivity contribution in [1.82, 2.24) is 19.5 Å². The van der Waals surface area contributed by atoms with Gasteiger partial charge in [-0.25, -0.2) is 9.19 Å². The maximum atomic E-state index is 13.5. The molecule has 4 aliphatic heterocycles. The van der Waals surface area contributed by atoms with Gasteiger partial charge < -0.3 is 19.5 Å². The van der Waals surface area contributed by atoms with Gasteiger partial charge in [-0.15, -0.1) is 0 Å². The van der Waals surface area contributed by atoms with E-state index in [1.54, 1.807) is 6.07 Å². The number of hydrogen-bond acceptors (Lipinski definition) is 9. The van der Waals surface area contributed by atoms with E-state index in [-0.39, 0.29) is 22.8 Å². The zero-order valence-electron chi connectivity index (χ0n) is 33.3. The minimum Gasteiger partial charge on any atom is -0.489 e. The van der Waals surface area contributed by atoms with Crippen molar-refractivity contribution in [2.45, 2.75) is 83.9 Å². The number of amides is 1. The van der Waals surface area contributed by atoms with Crippen molar-refractivity contribution >= 4 is 34.3 Å². The molecule has 54 heavy (non-hydrogen) atoms. The quantitative estimate of drug-likeness (QED) is 0.336. The van der Waals surface area contributed by atoms with Crippen LogP contribution >= 0.6 is 11.6 Å². The summed E-state index contributed by atoms with van der Waals surface area (Å²) in [6.07, 6.45) is 9.99. The molecule has 1 amide bonds. The first-order valence-electron chi connectivity index (χ1n) is 20.3. The number of morpholine rings is 1. The van der Waals surface area contributed by atoms with Crippen molar-refractivity contribution in [2.24, 2.45) is 23.7 Å². The second-order valence-corrected chi connectivity index (χ2v) is 17.3. The van der Waals surface area contributed by atoms with E-state index in [2.05, 4.69) is 57.6 Å². The van der Waals surface area contributed by atoms with Gasteiger partial charge in [0, 0.05) is 69.9 Å². The number of fused-ring (bicyclic) bond motifs is 3. The number of aryl methyl sites for hydroxylation is 1. The van der Waals surface area contributed by atoms with Crippen LogP contribution in [0.3, 0.4) is 0 Å². The molecular weight excluding hydrogens is 722 g/mol. The number of aliphatic hydroxyl groups is 1. The lowest BCUT2D eigenvalue weighted by Crippen LogP contribution is -2.59. The fraction of sp³-hybridized carbons (Fsp3) is 0.667. The normalized spacial score (nSPS) is 31.0. The van der Waals surface area contributed by atoms with Gasteiger partial charge >= 0.3 is 0 Å². The van der Waals surface area contributed by atoms with Crippen molar-refractivity contribution < 1.29 is 23.6 Å². The highest BCUT2D eigenvalue weighted by atomic mass is 35.5. The van der Waals surface area contributed by atoms with Crippen LogP contribution in [0.1, 0.15) is 87.8 Å². The predicted molar refractivity (Wildman–Crippen MR) is 220 cm³/mol. The third-order valence-electron chi connectivity index (χ3n) is 12.0. The van der Waals surface area contributed by atoms with Gasteiger partial charge in [-0.2, -0.15) is 0 Å². The minimum atomic E-state index is -1.54. The third-order valence-corrected chi connectivity index (χ3v) is 13.8. The minimum absolute atomic E-state index is 0.115. The highest BCUT2D eigenvalue weighted by molar-refractivity contribution is 7.84. The number of rotatable bonds is 5. The Hall–Kier alpha value is -2.54. The van der Waals surface area contributed by atoms with Gasteiger partial charge in [-0.3, -0.25) is 19.3 Å². The van der Waals surface area contributed by atoms with Crippen molar-refractivity contribution in [3.63, 3.8) is 0 Å². The highest BCUT2D eigenvalue weighted by Gasteiger charge is 2.40. The summed E-state index contributed by atoms with van der Waals surface area (Å²) in [6.45, 7) is 19.4. The average molecular weight is 787 g/mol. The molecule has 2 aromatic rings. The second-order valence-electron chi connectivity index (χ2n) is 15.3. The van der Waals surface area contributed by atoms with Crippen LogP contribution in [0.4, 0.5) is 5.82 Å². The van der Waals surface area contributed by atoms with Gasteiger partial charge in [-0.05, 0) is 91.7 Å². The Balaban J connectivity index is 0.00000136. The van der Waals surface area contributed by atoms with Crippen LogP contribution < -0.4 is 14.4 Å². The lowest BCUT2D eigenvalue weighted by Gasteiger charge is -2.48. The van der Waals surface area contributed by atoms with E-state index < -0.39 is 16.9 Å². The molecule has 1 saturated carbocycles. The van der Waals surface area contributed by atoms with Crippen LogP contribution in [0.5, 0.6) is 5.75 Å². The number of allylic oxidation sites excluding steroid dienone is 1. The number of aliphatic hydroxyl groups excluding tert-OH is 1. The van der Waals surface area contributed by atoms with Crippen LogP contribution in [0.2, 0.25) is 5.02 Å². The number of hydrogen-bond donors (Lipinski definition) is 2. The summed E-state index contributed by atoms with van der Waals surface area (Å²) in [5, 5.41) is 7.55.